The summed E-state index contributed by atoms with van der Waals surface area (Å²) in [6, 6.07) is 6.75. The first-order valence-electron chi connectivity index (χ1n) is 12.6. The number of benzene rings is 2. The van der Waals surface area contributed by atoms with Gasteiger partial charge in [0.15, 0.2) is 11.6 Å². The molecule has 1 amide bonds. The summed E-state index contributed by atoms with van der Waals surface area (Å²) in [6.07, 6.45) is -0.624. The molecule has 2 aromatic carbocycles. The van der Waals surface area contributed by atoms with Crippen LogP contribution in [0.2, 0.25) is 0 Å². The van der Waals surface area contributed by atoms with Gasteiger partial charge in [0.05, 0.1) is 23.2 Å². The van der Waals surface area contributed by atoms with Crippen molar-refractivity contribution in [3.63, 3.8) is 0 Å². The summed E-state index contributed by atoms with van der Waals surface area (Å²) < 4.78 is 90.8. The predicted octanol–water partition coefficient (Wildman–Crippen LogP) is 2.95. The monoisotopic (exact) mass is 442 g/mol. The van der Waals surface area contributed by atoms with E-state index in [9.17, 15) is 23.1 Å². The molecule has 2 atom stereocenters. The first kappa shape index (κ1) is 16.1. The zero-order valence-electron chi connectivity index (χ0n) is 22.9. The zero-order valence-corrected chi connectivity index (χ0v) is 16.9. The molecule has 3 rings (SSSR count). The zero-order chi connectivity index (χ0) is 27.8. The predicted molar refractivity (Wildman–Crippen MR) is 110 cm³/mol. The van der Waals surface area contributed by atoms with Gasteiger partial charge < -0.3 is 19.6 Å². The molecule has 8 heteroatoms. The third-order valence-electron chi connectivity index (χ3n) is 5.61. The number of piperidine rings is 1. The second-order valence-corrected chi connectivity index (χ2v) is 7.76. The number of nitrogens with zero attached hydrogens (tertiary/aromatic N) is 2. The number of methoxy groups -OCH3 is 1. The minimum atomic E-state index is -2.73. The number of carbonyl (C=O) groups is 1. The number of likely N-dealkylation sites (tertiary alicyclic amines) is 1. The molecule has 1 heterocycles. The van der Waals surface area contributed by atoms with Gasteiger partial charge in [-0.3, -0.25) is 4.79 Å². The summed E-state index contributed by atoms with van der Waals surface area (Å²) in [4.78, 5) is 15.3. The van der Waals surface area contributed by atoms with Crippen LogP contribution in [0.4, 0.5) is 13.2 Å². The van der Waals surface area contributed by atoms with E-state index in [1.54, 1.807) is 6.07 Å². The Morgan fingerprint density at radius 1 is 1.29 bits per heavy atom. The molecule has 1 N–H and O–H groups in total. The average molecular weight is 443 g/mol. The smallest absolute Gasteiger partial charge is 0.227 e. The molecule has 0 bridgehead atoms. The van der Waals surface area contributed by atoms with Gasteiger partial charge >= 0.3 is 0 Å². The lowest BCUT2D eigenvalue weighted by atomic mass is 9.75. The Balaban J connectivity index is 1.89. The van der Waals surface area contributed by atoms with Crippen molar-refractivity contribution in [2.24, 2.45) is 5.92 Å². The van der Waals surface area contributed by atoms with Crippen LogP contribution in [0, 0.1) is 23.4 Å². The van der Waals surface area contributed by atoms with Crippen molar-refractivity contribution in [3.05, 3.63) is 65.0 Å². The lowest BCUT2D eigenvalue weighted by Gasteiger charge is -2.46. The average Bonchev–Trinajstić information content (AvgIpc) is 2.77. The Hall–Kier alpha value is -2.58. The highest BCUT2D eigenvalue weighted by atomic mass is 19.2. The summed E-state index contributed by atoms with van der Waals surface area (Å²) >= 11 is 0. The van der Waals surface area contributed by atoms with Crippen molar-refractivity contribution < 1.29 is 36.0 Å². The number of hydrogen-bond acceptors (Lipinski definition) is 4. The van der Waals surface area contributed by atoms with Crippen LogP contribution in [0.15, 0.2) is 36.4 Å². The van der Waals surface area contributed by atoms with Gasteiger partial charge in [-0.15, -0.1) is 0 Å². The largest absolute Gasteiger partial charge is 0.497 e. The molecule has 5 nitrogen and oxygen atoms in total. The fraction of sp³-hybridized carbons (Fsp3) is 0.435. The molecule has 1 saturated heterocycles. The van der Waals surface area contributed by atoms with Gasteiger partial charge in [0, 0.05) is 41.3 Å². The number of rotatable bonds is 6. The minimum Gasteiger partial charge on any atom is -0.497 e. The third kappa shape index (κ3) is 5.02. The van der Waals surface area contributed by atoms with E-state index in [2.05, 4.69) is 0 Å². The highest BCUT2D eigenvalue weighted by Crippen LogP contribution is 2.39. The number of amides is 1. The van der Waals surface area contributed by atoms with Crippen LogP contribution in [-0.4, -0.2) is 61.5 Å². The Bertz CT molecular complexity index is 1150. The maximum atomic E-state index is 14.1. The van der Waals surface area contributed by atoms with Crippen LogP contribution in [-0.2, 0) is 16.8 Å². The standard InChI is InChI=1S/C23H27F3N2O3/c1-27(2)13-17-14-28(22(29)10-15-9-20(25)21(26)12-19(15)24)8-7-23(17,30)16-5-4-6-18(11-16)31-3/h4-6,9,11-12,17,30H,7-8,10,13-14H2,1-3H3/t17-,23-/m1/s1/i1D3,3D3. The lowest BCUT2D eigenvalue weighted by Crippen LogP contribution is -2.54. The van der Waals surface area contributed by atoms with Gasteiger partial charge in [-0.1, -0.05) is 12.1 Å². The van der Waals surface area contributed by atoms with E-state index in [1.165, 1.54) is 30.1 Å². The van der Waals surface area contributed by atoms with E-state index < -0.39 is 55.3 Å². The van der Waals surface area contributed by atoms with Gasteiger partial charge in [-0.2, -0.15) is 0 Å². The summed E-state index contributed by atoms with van der Waals surface area (Å²) in [5, 5.41) is 11.7. The van der Waals surface area contributed by atoms with E-state index >= 15 is 0 Å². The molecule has 0 saturated carbocycles. The van der Waals surface area contributed by atoms with Gasteiger partial charge in [-0.25, -0.2) is 13.2 Å². The summed E-state index contributed by atoms with van der Waals surface area (Å²) in [5.41, 5.74) is -1.73. The number of ether oxygens (including phenoxy) is 1. The van der Waals surface area contributed by atoms with Crippen molar-refractivity contribution in [1.29, 1.82) is 0 Å². The molecular weight excluding hydrogens is 409 g/mol. The summed E-state index contributed by atoms with van der Waals surface area (Å²) in [5.74, 6) is -5.27. The molecular formula is C23H27F3N2O3. The number of halogens is 3. The van der Waals surface area contributed by atoms with Crippen LogP contribution < -0.4 is 4.74 Å². The quantitative estimate of drug-likeness (QED) is 0.699. The van der Waals surface area contributed by atoms with Crippen LogP contribution >= 0.6 is 0 Å². The van der Waals surface area contributed by atoms with Crippen LogP contribution in [0.3, 0.4) is 0 Å². The summed E-state index contributed by atoms with van der Waals surface area (Å²) in [7, 11) is -1.40. The van der Waals surface area contributed by atoms with Gasteiger partial charge in [-0.05, 0) is 44.2 Å². The number of hydrogen-bond donors (Lipinski definition) is 1. The fourth-order valence-corrected chi connectivity index (χ4v) is 3.97. The Morgan fingerprint density at radius 2 is 2.06 bits per heavy atom. The van der Waals surface area contributed by atoms with Crippen LogP contribution in [0.25, 0.3) is 0 Å². The molecule has 0 radical (unpaired) electrons. The molecule has 0 aromatic heterocycles. The first-order chi connectivity index (χ1) is 17.0. The highest BCUT2D eigenvalue weighted by Gasteiger charge is 2.44. The summed E-state index contributed by atoms with van der Waals surface area (Å²) in [6.45, 7) is -2.83. The van der Waals surface area contributed by atoms with Crippen molar-refractivity contribution in [1.82, 2.24) is 9.80 Å². The van der Waals surface area contributed by atoms with E-state index in [0.717, 1.165) is 4.90 Å². The number of aliphatic hydroxyl groups is 1. The molecule has 2 aromatic rings. The van der Waals surface area contributed by atoms with Gasteiger partial charge in [0.25, 0.3) is 0 Å². The molecule has 0 aliphatic carbocycles. The Morgan fingerprint density at radius 3 is 2.81 bits per heavy atom. The van der Waals surface area contributed by atoms with Gasteiger partial charge in [0.1, 0.15) is 11.6 Å². The highest BCUT2D eigenvalue weighted by molar-refractivity contribution is 5.79. The topological polar surface area (TPSA) is 53.0 Å². The molecule has 1 fully saturated rings. The first-order valence-corrected chi connectivity index (χ1v) is 9.64. The third-order valence-corrected chi connectivity index (χ3v) is 5.61. The maximum absolute atomic E-state index is 14.1. The second-order valence-electron chi connectivity index (χ2n) is 7.76. The Kier molecular flexibility index (Phi) is 4.82. The SMILES string of the molecule is [2H]C([2H])([2H])Oc1cccc([C@]2(O)CCN(C(=O)Cc3cc(F)c(F)cc3F)C[C@H]2CN(C)C([2H])([2H])[2H])c1. The molecule has 0 unspecified atom stereocenters. The Labute approximate surface area is 188 Å². The molecule has 1 aliphatic rings. The van der Waals surface area contributed by atoms with Crippen LogP contribution in [0.5, 0.6) is 5.75 Å². The van der Waals surface area contributed by atoms with Crippen molar-refractivity contribution in [2.45, 2.75) is 18.4 Å². The van der Waals surface area contributed by atoms with Crippen molar-refractivity contribution in [2.75, 3.05) is 40.7 Å². The van der Waals surface area contributed by atoms with E-state index in [-0.39, 0.29) is 42.9 Å². The van der Waals surface area contributed by atoms with Crippen LogP contribution in [0.1, 0.15) is 25.8 Å². The van der Waals surface area contributed by atoms with Gasteiger partial charge in [0.2, 0.25) is 5.91 Å². The molecule has 31 heavy (non-hydrogen) atoms. The molecule has 168 valence electrons. The molecule has 0 spiro atoms. The second kappa shape index (κ2) is 9.28. The van der Waals surface area contributed by atoms with E-state index in [1.807, 2.05) is 0 Å². The van der Waals surface area contributed by atoms with E-state index in [0.29, 0.717) is 12.1 Å². The fourth-order valence-electron chi connectivity index (χ4n) is 3.97. The maximum Gasteiger partial charge on any atom is 0.227 e. The number of carbonyl (C=O) groups excluding carboxylic acids is 1. The van der Waals surface area contributed by atoms with E-state index in [4.69, 9.17) is 13.0 Å². The minimum absolute atomic E-state index is 0.0149. The van der Waals surface area contributed by atoms with Crippen molar-refractivity contribution in [3.8, 4) is 5.75 Å². The van der Waals surface area contributed by atoms with Crippen molar-refractivity contribution >= 4 is 5.91 Å². The molecule has 1 aliphatic heterocycles. The normalized spacial score (nSPS) is 25.1. The lowest BCUT2D eigenvalue weighted by molar-refractivity contribution is -0.141.